The van der Waals surface area contributed by atoms with Crippen molar-refractivity contribution in [1.29, 1.82) is 0 Å². The van der Waals surface area contributed by atoms with Gasteiger partial charge < -0.3 is 9.47 Å². The Hall–Kier alpha value is -1.80. The minimum absolute atomic E-state index is 0.00180. The lowest BCUT2D eigenvalue weighted by molar-refractivity contribution is -0.140. The van der Waals surface area contributed by atoms with Crippen molar-refractivity contribution in [2.75, 3.05) is 39.2 Å². The van der Waals surface area contributed by atoms with Crippen LogP contribution in [0.2, 0.25) is 0 Å². The highest BCUT2D eigenvalue weighted by Gasteiger charge is 2.24. The van der Waals surface area contributed by atoms with Gasteiger partial charge in [0.2, 0.25) is 0 Å². The van der Waals surface area contributed by atoms with Crippen LogP contribution in [0.25, 0.3) is 0 Å². The fourth-order valence-corrected chi connectivity index (χ4v) is 2.73. The molecular formula is C13H20N2O5S. The number of anilines is 1. The normalized spacial score (nSPS) is 11.3. The number of hydrogen-bond donors (Lipinski definition) is 0. The lowest BCUT2D eigenvalue weighted by Gasteiger charge is -2.25. The van der Waals surface area contributed by atoms with Gasteiger partial charge in [0.1, 0.15) is 5.75 Å². The Bertz CT molecular complexity index is 588. The second-order valence-electron chi connectivity index (χ2n) is 4.32. The van der Waals surface area contributed by atoms with E-state index in [1.165, 1.54) is 28.3 Å². The highest BCUT2D eigenvalue weighted by molar-refractivity contribution is 7.90. The van der Waals surface area contributed by atoms with Gasteiger partial charge in [-0.3, -0.25) is 9.10 Å². The third kappa shape index (κ3) is 4.33. The van der Waals surface area contributed by atoms with Crippen LogP contribution in [0, 0.1) is 0 Å². The van der Waals surface area contributed by atoms with Gasteiger partial charge in [-0.05, 0) is 12.1 Å². The van der Waals surface area contributed by atoms with Crippen LogP contribution in [0.4, 0.5) is 5.69 Å². The van der Waals surface area contributed by atoms with Crippen molar-refractivity contribution < 1.29 is 22.7 Å². The van der Waals surface area contributed by atoms with Gasteiger partial charge in [0.05, 0.1) is 26.3 Å². The molecule has 0 aromatic heterocycles. The highest BCUT2D eigenvalue weighted by Crippen LogP contribution is 2.23. The molecule has 0 radical (unpaired) electrons. The maximum atomic E-state index is 12.4. The van der Waals surface area contributed by atoms with Crippen molar-refractivity contribution in [1.82, 2.24) is 4.31 Å². The quantitative estimate of drug-likeness (QED) is 0.698. The second kappa shape index (κ2) is 7.28. The third-order valence-electron chi connectivity index (χ3n) is 3.02. The molecule has 8 heteroatoms. The molecule has 118 valence electrons. The van der Waals surface area contributed by atoms with E-state index in [1.54, 1.807) is 24.3 Å². The highest BCUT2D eigenvalue weighted by atomic mass is 32.2. The minimum atomic E-state index is -3.72. The van der Waals surface area contributed by atoms with Crippen LogP contribution in [0.15, 0.2) is 24.3 Å². The summed E-state index contributed by atoms with van der Waals surface area (Å²) < 4.78 is 36.6. The van der Waals surface area contributed by atoms with Crippen molar-refractivity contribution in [3.63, 3.8) is 0 Å². The molecule has 0 spiro atoms. The molecule has 0 unspecified atom stereocenters. The molecule has 7 nitrogen and oxygen atoms in total. The molecule has 1 aromatic rings. The van der Waals surface area contributed by atoms with E-state index in [0.29, 0.717) is 11.4 Å². The summed E-state index contributed by atoms with van der Waals surface area (Å²) in [5, 5.41) is 0. The van der Waals surface area contributed by atoms with E-state index in [1.807, 2.05) is 0 Å². The predicted molar refractivity (Wildman–Crippen MR) is 79.6 cm³/mol. The Kier molecular flexibility index (Phi) is 5.98. The zero-order chi connectivity index (χ0) is 16.0. The first-order valence-electron chi connectivity index (χ1n) is 6.24. The molecule has 21 heavy (non-hydrogen) atoms. The number of hydrogen-bond acceptors (Lipinski definition) is 5. The van der Waals surface area contributed by atoms with E-state index < -0.39 is 16.2 Å². The Labute approximate surface area is 125 Å². The molecule has 0 saturated heterocycles. The second-order valence-corrected chi connectivity index (χ2v) is 6.39. The SMILES string of the molecule is COC(=O)CCN(C)S(=O)(=O)N(C)c1cccc(OC)c1. The van der Waals surface area contributed by atoms with Crippen molar-refractivity contribution in [3.05, 3.63) is 24.3 Å². The van der Waals surface area contributed by atoms with Gasteiger partial charge in [0, 0.05) is 26.7 Å². The third-order valence-corrected chi connectivity index (χ3v) is 4.89. The van der Waals surface area contributed by atoms with E-state index in [0.717, 1.165) is 8.61 Å². The number of carbonyl (C=O) groups excluding carboxylic acids is 1. The summed E-state index contributed by atoms with van der Waals surface area (Å²) in [6.45, 7) is 0.0450. The maximum Gasteiger partial charge on any atom is 0.306 e. The fourth-order valence-electron chi connectivity index (χ4n) is 1.61. The molecule has 0 N–H and O–H groups in total. The zero-order valence-corrected chi connectivity index (χ0v) is 13.4. The first-order chi connectivity index (χ1) is 9.82. The number of rotatable bonds is 7. The standard InChI is InChI=1S/C13H20N2O5S/c1-14(9-8-13(16)20-4)21(17,18)15(2)11-6-5-7-12(10-11)19-3/h5-7,10H,8-9H2,1-4H3. The van der Waals surface area contributed by atoms with Gasteiger partial charge in [0.25, 0.3) is 0 Å². The molecule has 1 rings (SSSR count). The largest absolute Gasteiger partial charge is 0.497 e. The van der Waals surface area contributed by atoms with Crippen LogP contribution in [0.1, 0.15) is 6.42 Å². The smallest absolute Gasteiger partial charge is 0.306 e. The van der Waals surface area contributed by atoms with Crippen molar-refractivity contribution in [2.45, 2.75) is 6.42 Å². The van der Waals surface area contributed by atoms with Crippen LogP contribution in [0.3, 0.4) is 0 Å². The Morgan fingerprint density at radius 2 is 1.90 bits per heavy atom. The van der Waals surface area contributed by atoms with Gasteiger partial charge in [-0.15, -0.1) is 0 Å². The van der Waals surface area contributed by atoms with Gasteiger partial charge >= 0.3 is 16.2 Å². The van der Waals surface area contributed by atoms with E-state index in [-0.39, 0.29) is 13.0 Å². The Morgan fingerprint density at radius 1 is 1.24 bits per heavy atom. The predicted octanol–water partition coefficient (Wildman–Crippen LogP) is 0.871. The maximum absolute atomic E-state index is 12.4. The topological polar surface area (TPSA) is 76.2 Å². The van der Waals surface area contributed by atoms with Crippen LogP contribution in [-0.2, 0) is 19.7 Å². The molecule has 0 aliphatic rings. The summed E-state index contributed by atoms with van der Waals surface area (Å²) in [6, 6.07) is 6.71. The lowest BCUT2D eigenvalue weighted by Crippen LogP contribution is -2.40. The zero-order valence-electron chi connectivity index (χ0n) is 12.6. The fraction of sp³-hybridized carbons (Fsp3) is 0.462. The van der Waals surface area contributed by atoms with Gasteiger partial charge in [0.15, 0.2) is 0 Å². The molecule has 1 aromatic carbocycles. The van der Waals surface area contributed by atoms with Crippen LogP contribution < -0.4 is 9.04 Å². The number of methoxy groups -OCH3 is 2. The first-order valence-corrected chi connectivity index (χ1v) is 7.63. The van der Waals surface area contributed by atoms with E-state index >= 15 is 0 Å². The van der Waals surface area contributed by atoms with Crippen LogP contribution in [0.5, 0.6) is 5.75 Å². The molecule has 0 aliphatic heterocycles. The van der Waals surface area contributed by atoms with Crippen LogP contribution >= 0.6 is 0 Å². The summed E-state index contributed by atoms with van der Waals surface area (Å²) in [6.07, 6.45) is -0.00180. The Morgan fingerprint density at radius 3 is 2.48 bits per heavy atom. The molecule has 0 aliphatic carbocycles. The first kappa shape index (κ1) is 17.3. The van der Waals surface area contributed by atoms with Crippen molar-refractivity contribution in [3.8, 4) is 5.75 Å². The van der Waals surface area contributed by atoms with Gasteiger partial charge in [-0.2, -0.15) is 12.7 Å². The number of benzene rings is 1. The van der Waals surface area contributed by atoms with Gasteiger partial charge in [-0.25, -0.2) is 0 Å². The average Bonchev–Trinajstić information content (AvgIpc) is 2.51. The van der Waals surface area contributed by atoms with Crippen LogP contribution in [-0.4, -0.2) is 53.6 Å². The van der Waals surface area contributed by atoms with Gasteiger partial charge in [-0.1, -0.05) is 6.07 Å². The molecule has 0 bridgehead atoms. The lowest BCUT2D eigenvalue weighted by atomic mass is 10.3. The molecule has 0 saturated carbocycles. The number of nitrogens with zero attached hydrogens (tertiary/aromatic N) is 2. The summed E-state index contributed by atoms with van der Waals surface area (Å²) in [5.41, 5.74) is 0.472. The van der Waals surface area contributed by atoms with Crippen molar-refractivity contribution in [2.24, 2.45) is 0 Å². The molecule has 0 fully saturated rings. The molecule has 0 atom stereocenters. The van der Waals surface area contributed by atoms with E-state index in [2.05, 4.69) is 4.74 Å². The molecule has 0 heterocycles. The molecular weight excluding hydrogens is 296 g/mol. The summed E-state index contributed by atoms with van der Waals surface area (Å²) in [4.78, 5) is 11.1. The number of ether oxygens (including phenoxy) is 2. The monoisotopic (exact) mass is 316 g/mol. The van der Waals surface area contributed by atoms with E-state index in [9.17, 15) is 13.2 Å². The summed E-state index contributed by atoms with van der Waals surface area (Å²) in [7, 11) is 1.91. The Balaban J connectivity index is 2.87. The average molecular weight is 316 g/mol. The number of carbonyl (C=O) groups is 1. The summed E-state index contributed by atoms with van der Waals surface area (Å²) >= 11 is 0. The summed E-state index contributed by atoms with van der Waals surface area (Å²) in [5.74, 6) is 0.104. The minimum Gasteiger partial charge on any atom is -0.497 e. The molecule has 0 amide bonds. The van der Waals surface area contributed by atoms with Crippen molar-refractivity contribution >= 4 is 21.9 Å². The van der Waals surface area contributed by atoms with E-state index in [4.69, 9.17) is 4.74 Å². The number of esters is 1.